The minimum Gasteiger partial charge on any atom is -0.310 e. The van der Waals surface area contributed by atoms with E-state index in [1.807, 2.05) is 0 Å². The van der Waals surface area contributed by atoms with E-state index in [1.54, 1.807) is 0 Å². The second-order valence-electron chi connectivity index (χ2n) is 12.9. The number of rotatable bonds is 4. The minimum absolute atomic E-state index is 1.16. The Morgan fingerprint density at radius 2 is 0.957 bits per heavy atom. The van der Waals surface area contributed by atoms with Gasteiger partial charge in [-0.1, -0.05) is 115 Å². The van der Waals surface area contributed by atoms with E-state index in [1.165, 1.54) is 107 Å². The molecule has 220 valence electrons. The summed E-state index contributed by atoms with van der Waals surface area (Å²) in [5, 5.41) is 10.3. The summed E-state index contributed by atoms with van der Waals surface area (Å²) in [6.45, 7) is 2.29. The molecule has 1 heteroatoms. The number of fused-ring (bicyclic) bond motifs is 7. The van der Waals surface area contributed by atoms with Crippen molar-refractivity contribution in [1.29, 1.82) is 0 Å². The Bertz CT molecular complexity index is 2430. The summed E-state index contributed by atoms with van der Waals surface area (Å²) in [5.74, 6) is 0. The van der Waals surface area contributed by atoms with Crippen LogP contribution in [0.25, 0.3) is 54.2 Å². The van der Waals surface area contributed by atoms with Gasteiger partial charge >= 0.3 is 0 Å². The Balaban J connectivity index is 1.27. The van der Waals surface area contributed by atoms with Gasteiger partial charge in [0.1, 0.15) is 0 Å². The van der Waals surface area contributed by atoms with Crippen molar-refractivity contribution in [1.82, 2.24) is 0 Å². The van der Waals surface area contributed by atoms with E-state index in [4.69, 9.17) is 0 Å². The van der Waals surface area contributed by atoms with Crippen LogP contribution in [0.5, 0.6) is 0 Å². The second kappa shape index (κ2) is 10.9. The third kappa shape index (κ3) is 4.38. The van der Waals surface area contributed by atoms with Gasteiger partial charge < -0.3 is 4.90 Å². The molecule has 0 unspecified atom stereocenters. The zero-order valence-electron chi connectivity index (χ0n) is 26.1. The Labute approximate surface area is 270 Å². The maximum atomic E-state index is 2.52. The van der Waals surface area contributed by atoms with Gasteiger partial charge in [-0.15, -0.1) is 0 Å². The van der Waals surface area contributed by atoms with Crippen LogP contribution < -0.4 is 4.90 Å². The Morgan fingerprint density at radius 1 is 0.435 bits per heavy atom. The van der Waals surface area contributed by atoms with Gasteiger partial charge in [-0.05, 0) is 128 Å². The van der Waals surface area contributed by atoms with Crippen molar-refractivity contribution < 1.29 is 0 Å². The van der Waals surface area contributed by atoms with E-state index in [0.717, 1.165) is 6.42 Å². The summed E-state index contributed by atoms with van der Waals surface area (Å²) < 4.78 is 0. The molecule has 1 nitrogen and oxygen atoms in total. The lowest BCUT2D eigenvalue weighted by atomic mass is 9.89. The molecule has 1 aliphatic rings. The molecule has 0 saturated heterocycles. The molecule has 0 fully saturated rings. The molecule has 0 bridgehead atoms. The zero-order chi connectivity index (χ0) is 30.6. The van der Waals surface area contributed by atoms with Crippen LogP contribution in [0.3, 0.4) is 0 Å². The molecule has 0 aromatic heterocycles. The number of benzene rings is 8. The molecule has 9 rings (SSSR count). The summed E-state index contributed by atoms with van der Waals surface area (Å²) in [5.41, 5.74) is 10.5. The lowest BCUT2D eigenvalue weighted by Crippen LogP contribution is -2.14. The van der Waals surface area contributed by atoms with Crippen LogP contribution in [0.1, 0.15) is 29.5 Å². The van der Waals surface area contributed by atoms with E-state index in [0.29, 0.717) is 0 Å². The largest absolute Gasteiger partial charge is 0.310 e. The fourth-order valence-corrected chi connectivity index (χ4v) is 7.85. The monoisotopic (exact) mass is 589 g/mol. The van der Waals surface area contributed by atoms with Crippen molar-refractivity contribution >= 4 is 60.2 Å². The molecule has 0 amide bonds. The summed E-state index contributed by atoms with van der Waals surface area (Å²) in [4.78, 5) is 2.52. The fourth-order valence-electron chi connectivity index (χ4n) is 7.85. The molecule has 0 atom stereocenters. The molecular formula is C45H35N. The van der Waals surface area contributed by atoms with Crippen LogP contribution in [-0.2, 0) is 12.8 Å². The van der Waals surface area contributed by atoms with Gasteiger partial charge in [0, 0.05) is 16.8 Å². The summed E-state index contributed by atoms with van der Waals surface area (Å²) >= 11 is 0. The molecule has 8 aromatic rings. The van der Waals surface area contributed by atoms with Crippen molar-refractivity contribution in [2.75, 3.05) is 4.90 Å². The summed E-state index contributed by atoms with van der Waals surface area (Å²) in [7, 11) is 0. The van der Waals surface area contributed by atoms with Gasteiger partial charge in [0.05, 0.1) is 5.69 Å². The maximum Gasteiger partial charge on any atom is 0.0546 e. The highest BCUT2D eigenvalue weighted by atomic mass is 15.1. The Morgan fingerprint density at radius 3 is 1.63 bits per heavy atom. The second-order valence-corrected chi connectivity index (χ2v) is 12.9. The van der Waals surface area contributed by atoms with Crippen LogP contribution in [0.2, 0.25) is 0 Å². The first-order chi connectivity index (χ1) is 22.7. The predicted octanol–water partition coefficient (Wildman–Crippen LogP) is 12.6. The molecule has 8 aromatic carbocycles. The first-order valence-corrected chi connectivity index (χ1v) is 16.6. The van der Waals surface area contributed by atoms with E-state index >= 15 is 0 Å². The topological polar surface area (TPSA) is 3.24 Å². The van der Waals surface area contributed by atoms with Gasteiger partial charge in [-0.2, -0.15) is 0 Å². The molecule has 0 aliphatic heterocycles. The van der Waals surface area contributed by atoms with Crippen molar-refractivity contribution in [2.24, 2.45) is 0 Å². The van der Waals surface area contributed by atoms with Crippen LogP contribution in [0.15, 0.2) is 146 Å². The van der Waals surface area contributed by atoms with Crippen molar-refractivity contribution in [3.63, 3.8) is 0 Å². The number of aryl methyl sites for hydroxylation is 3. The first-order valence-electron chi connectivity index (χ1n) is 16.6. The van der Waals surface area contributed by atoms with Gasteiger partial charge in [0.25, 0.3) is 0 Å². The van der Waals surface area contributed by atoms with E-state index in [9.17, 15) is 0 Å². The normalized spacial score (nSPS) is 13.0. The fraction of sp³-hybridized carbons (Fsp3) is 0.111. The lowest BCUT2D eigenvalue weighted by Gasteiger charge is -2.31. The maximum absolute atomic E-state index is 2.52. The van der Waals surface area contributed by atoms with Crippen LogP contribution in [-0.4, -0.2) is 0 Å². The average molecular weight is 590 g/mol. The number of anilines is 3. The molecule has 1 aliphatic carbocycles. The minimum atomic E-state index is 1.16. The smallest absolute Gasteiger partial charge is 0.0546 e. The Hall–Kier alpha value is -5.40. The van der Waals surface area contributed by atoms with Crippen molar-refractivity contribution in [3.05, 3.63) is 162 Å². The van der Waals surface area contributed by atoms with Gasteiger partial charge in [-0.25, -0.2) is 0 Å². The quantitative estimate of drug-likeness (QED) is 0.185. The van der Waals surface area contributed by atoms with Gasteiger partial charge in [0.2, 0.25) is 0 Å². The summed E-state index contributed by atoms with van der Waals surface area (Å²) in [6, 6.07) is 54.2. The highest BCUT2D eigenvalue weighted by Crippen LogP contribution is 2.45. The number of nitrogens with zero attached hydrogens (tertiary/aromatic N) is 1. The predicted molar refractivity (Wildman–Crippen MR) is 198 cm³/mol. The van der Waals surface area contributed by atoms with Crippen LogP contribution >= 0.6 is 0 Å². The number of hydrogen-bond acceptors (Lipinski definition) is 1. The molecule has 0 N–H and O–H groups in total. The average Bonchev–Trinajstić information content (AvgIpc) is 3.12. The third-order valence-electron chi connectivity index (χ3n) is 10.1. The number of hydrogen-bond donors (Lipinski definition) is 0. The SMILES string of the molecule is Cc1cc2c(cc1N(c1ccc(-c3cc4ccccc4c4ccccc34)cc1)c1cc3ccccc3c3ccccc13)CCCC2. The van der Waals surface area contributed by atoms with E-state index in [2.05, 4.69) is 157 Å². The third-order valence-corrected chi connectivity index (χ3v) is 10.1. The highest BCUT2D eigenvalue weighted by Gasteiger charge is 2.21. The molecule has 0 saturated carbocycles. The Kier molecular flexibility index (Phi) is 6.38. The standard InChI is InChI=1S/C45H35N/c1-30-26-32-12-2-3-13-33(32)28-44(30)46(45-29-35-15-5-7-17-38(35)40-19-10-11-21-42(40)45)36-24-22-31(23-25-36)43-27-34-14-4-6-16-37(34)39-18-8-9-20-41(39)43/h4-11,14-29H,2-3,12-13H2,1H3. The summed E-state index contributed by atoms with van der Waals surface area (Å²) in [6.07, 6.45) is 4.89. The zero-order valence-corrected chi connectivity index (χ0v) is 26.1. The molecule has 0 spiro atoms. The van der Waals surface area contributed by atoms with Crippen LogP contribution in [0, 0.1) is 6.92 Å². The van der Waals surface area contributed by atoms with Crippen LogP contribution in [0.4, 0.5) is 17.1 Å². The molecule has 0 radical (unpaired) electrons. The molecule has 0 heterocycles. The van der Waals surface area contributed by atoms with E-state index in [-0.39, 0.29) is 0 Å². The highest BCUT2D eigenvalue weighted by molar-refractivity contribution is 6.15. The van der Waals surface area contributed by atoms with Crippen molar-refractivity contribution in [2.45, 2.75) is 32.6 Å². The van der Waals surface area contributed by atoms with Gasteiger partial charge in [-0.3, -0.25) is 0 Å². The first kappa shape index (κ1) is 27.0. The van der Waals surface area contributed by atoms with Gasteiger partial charge in [0.15, 0.2) is 0 Å². The van der Waals surface area contributed by atoms with E-state index < -0.39 is 0 Å². The molecular weight excluding hydrogens is 555 g/mol. The van der Waals surface area contributed by atoms with Crippen molar-refractivity contribution in [3.8, 4) is 11.1 Å². The lowest BCUT2D eigenvalue weighted by molar-refractivity contribution is 0.685. The molecule has 46 heavy (non-hydrogen) atoms.